The normalized spacial score (nSPS) is 11.2. The lowest BCUT2D eigenvalue weighted by atomic mass is 10.1. The molecule has 7 heteroatoms. The second-order valence-electron chi connectivity index (χ2n) is 4.34. The third-order valence-electron chi connectivity index (χ3n) is 2.49. The minimum Gasteiger partial charge on any atom is -0.496 e. The van der Waals surface area contributed by atoms with Gasteiger partial charge in [-0.2, -0.15) is 8.42 Å². The van der Waals surface area contributed by atoms with Crippen LogP contribution in [0.4, 0.5) is 5.69 Å². The van der Waals surface area contributed by atoms with Crippen molar-refractivity contribution in [1.82, 2.24) is 0 Å². The molecule has 1 N–H and O–H groups in total. The molecule has 0 aliphatic carbocycles. The summed E-state index contributed by atoms with van der Waals surface area (Å²) >= 11 is 0. The summed E-state index contributed by atoms with van der Waals surface area (Å²) in [5, 5.41) is 2.69. The van der Waals surface area contributed by atoms with Crippen LogP contribution in [0.2, 0.25) is 0 Å². The SMILES string of the molecule is COc1ccc(NC(C)=O)cc1CCCOS(C)(=O)=O. The Hall–Kier alpha value is -1.60. The summed E-state index contributed by atoms with van der Waals surface area (Å²) < 4.78 is 31.6. The van der Waals surface area contributed by atoms with Crippen molar-refractivity contribution in [3.05, 3.63) is 23.8 Å². The van der Waals surface area contributed by atoms with Crippen LogP contribution < -0.4 is 10.1 Å². The standard InChI is InChI=1S/C13H19NO5S/c1-10(15)14-12-6-7-13(18-2)11(9-12)5-4-8-19-20(3,16)17/h6-7,9H,4-5,8H2,1-3H3,(H,14,15). The van der Waals surface area contributed by atoms with E-state index in [4.69, 9.17) is 4.74 Å². The Morgan fingerprint density at radius 3 is 2.60 bits per heavy atom. The molecule has 0 heterocycles. The van der Waals surface area contributed by atoms with Gasteiger partial charge in [0.2, 0.25) is 5.91 Å². The van der Waals surface area contributed by atoms with Gasteiger partial charge in [-0.3, -0.25) is 8.98 Å². The Morgan fingerprint density at radius 1 is 1.35 bits per heavy atom. The van der Waals surface area contributed by atoms with Gasteiger partial charge in [-0.05, 0) is 36.6 Å². The maximum absolute atomic E-state index is 11.0. The summed E-state index contributed by atoms with van der Waals surface area (Å²) in [7, 11) is -1.85. The highest BCUT2D eigenvalue weighted by molar-refractivity contribution is 7.85. The number of methoxy groups -OCH3 is 1. The second kappa shape index (κ2) is 7.25. The lowest BCUT2D eigenvalue weighted by molar-refractivity contribution is -0.114. The lowest BCUT2D eigenvalue weighted by Gasteiger charge is -2.11. The number of nitrogens with one attached hydrogen (secondary N) is 1. The van der Waals surface area contributed by atoms with Crippen LogP contribution in [0.25, 0.3) is 0 Å². The molecule has 20 heavy (non-hydrogen) atoms. The van der Waals surface area contributed by atoms with Crippen molar-refractivity contribution >= 4 is 21.7 Å². The molecular formula is C13H19NO5S. The molecule has 0 fully saturated rings. The van der Waals surface area contributed by atoms with E-state index >= 15 is 0 Å². The van der Waals surface area contributed by atoms with E-state index in [1.165, 1.54) is 6.92 Å². The molecule has 0 spiro atoms. The van der Waals surface area contributed by atoms with Gasteiger partial charge < -0.3 is 10.1 Å². The fraction of sp³-hybridized carbons (Fsp3) is 0.462. The molecule has 1 rings (SSSR count). The van der Waals surface area contributed by atoms with Crippen molar-refractivity contribution in [2.75, 3.05) is 25.3 Å². The number of rotatable bonds is 7. The lowest BCUT2D eigenvalue weighted by Crippen LogP contribution is -2.07. The maximum Gasteiger partial charge on any atom is 0.264 e. The molecule has 0 bridgehead atoms. The first-order valence-electron chi connectivity index (χ1n) is 6.11. The van der Waals surface area contributed by atoms with E-state index < -0.39 is 10.1 Å². The molecule has 0 unspecified atom stereocenters. The van der Waals surface area contributed by atoms with Crippen molar-refractivity contribution < 1.29 is 22.1 Å². The molecular weight excluding hydrogens is 282 g/mol. The minimum absolute atomic E-state index is 0.117. The van der Waals surface area contributed by atoms with Gasteiger partial charge in [-0.25, -0.2) is 0 Å². The van der Waals surface area contributed by atoms with Crippen molar-refractivity contribution in [2.45, 2.75) is 19.8 Å². The van der Waals surface area contributed by atoms with Gasteiger partial charge in [0, 0.05) is 12.6 Å². The molecule has 1 aromatic carbocycles. The van der Waals surface area contributed by atoms with Gasteiger partial charge in [0.05, 0.1) is 20.0 Å². The molecule has 0 aliphatic heterocycles. The number of hydrogen-bond acceptors (Lipinski definition) is 5. The molecule has 6 nitrogen and oxygen atoms in total. The summed E-state index contributed by atoms with van der Waals surface area (Å²) in [4.78, 5) is 11.0. The zero-order valence-corrected chi connectivity index (χ0v) is 12.6. The van der Waals surface area contributed by atoms with Crippen LogP contribution in [0.3, 0.4) is 0 Å². The van der Waals surface area contributed by atoms with Crippen molar-refractivity contribution in [2.24, 2.45) is 0 Å². The maximum atomic E-state index is 11.0. The van der Waals surface area contributed by atoms with Gasteiger partial charge in [0.1, 0.15) is 5.75 Å². The van der Waals surface area contributed by atoms with Gasteiger partial charge in [-0.15, -0.1) is 0 Å². The largest absolute Gasteiger partial charge is 0.496 e. The van der Waals surface area contributed by atoms with Crippen LogP contribution in [0.1, 0.15) is 18.9 Å². The van der Waals surface area contributed by atoms with Gasteiger partial charge in [-0.1, -0.05) is 0 Å². The highest BCUT2D eigenvalue weighted by Crippen LogP contribution is 2.24. The number of anilines is 1. The number of carbonyl (C=O) groups excluding carboxylic acids is 1. The van der Waals surface area contributed by atoms with E-state index in [2.05, 4.69) is 9.50 Å². The Bertz CT molecular complexity index is 568. The molecule has 112 valence electrons. The Labute approximate surface area is 119 Å². The number of hydrogen-bond donors (Lipinski definition) is 1. The summed E-state index contributed by atoms with van der Waals surface area (Å²) in [6.45, 7) is 1.55. The van der Waals surface area contributed by atoms with E-state index in [9.17, 15) is 13.2 Å². The van der Waals surface area contributed by atoms with E-state index in [1.54, 1.807) is 25.3 Å². The Morgan fingerprint density at radius 2 is 2.05 bits per heavy atom. The third-order valence-corrected chi connectivity index (χ3v) is 3.08. The van der Waals surface area contributed by atoms with Crippen molar-refractivity contribution in [1.29, 1.82) is 0 Å². The van der Waals surface area contributed by atoms with Gasteiger partial charge in [0.25, 0.3) is 10.1 Å². The van der Waals surface area contributed by atoms with Crippen molar-refractivity contribution in [3.8, 4) is 5.75 Å². The van der Waals surface area contributed by atoms with E-state index in [1.807, 2.05) is 0 Å². The molecule has 0 saturated heterocycles. The smallest absolute Gasteiger partial charge is 0.264 e. The fourth-order valence-corrected chi connectivity index (χ4v) is 2.15. The number of aryl methyl sites for hydroxylation is 1. The van der Waals surface area contributed by atoms with E-state index in [0.717, 1.165) is 11.8 Å². The van der Waals surface area contributed by atoms with Crippen LogP contribution in [0.15, 0.2) is 18.2 Å². The molecule has 0 saturated carbocycles. The average molecular weight is 301 g/mol. The molecule has 0 radical (unpaired) electrons. The van der Waals surface area contributed by atoms with Crippen molar-refractivity contribution in [3.63, 3.8) is 0 Å². The zero-order valence-electron chi connectivity index (χ0n) is 11.8. The average Bonchev–Trinajstić information content (AvgIpc) is 2.33. The minimum atomic E-state index is -3.41. The fourth-order valence-electron chi connectivity index (χ4n) is 1.73. The topological polar surface area (TPSA) is 81.7 Å². The monoisotopic (exact) mass is 301 g/mol. The Balaban J connectivity index is 2.68. The van der Waals surface area contributed by atoms with Crippen LogP contribution >= 0.6 is 0 Å². The molecule has 0 aromatic heterocycles. The van der Waals surface area contributed by atoms with Crippen LogP contribution in [-0.4, -0.2) is 34.3 Å². The Kier molecular flexibility index (Phi) is 5.97. The molecule has 0 atom stereocenters. The quantitative estimate of drug-likeness (QED) is 0.610. The highest BCUT2D eigenvalue weighted by atomic mass is 32.2. The van der Waals surface area contributed by atoms with E-state index in [-0.39, 0.29) is 12.5 Å². The van der Waals surface area contributed by atoms with Crippen LogP contribution in [0.5, 0.6) is 5.75 Å². The highest BCUT2D eigenvalue weighted by Gasteiger charge is 2.07. The van der Waals surface area contributed by atoms with Gasteiger partial charge in [0.15, 0.2) is 0 Å². The predicted molar refractivity (Wildman–Crippen MR) is 76.4 cm³/mol. The summed E-state index contributed by atoms with van der Waals surface area (Å²) in [6.07, 6.45) is 2.14. The second-order valence-corrected chi connectivity index (χ2v) is 5.98. The summed E-state index contributed by atoms with van der Waals surface area (Å²) in [5.41, 5.74) is 1.56. The first-order valence-corrected chi connectivity index (χ1v) is 7.92. The number of amides is 1. The summed E-state index contributed by atoms with van der Waals surface area (Å²) in [5.74, 6) is 0.542. The number of carbonyl (C=O) groups is 1. The van der Waals surface area contributed by atoms with E-state index in [0.29, 0.717) is 24.3 Å². The molecule has 1 aromatic rings. The number of ether oxygens (including phenoxy) is 1. The van der Waals surface area contributed by atoms with Gasteiger partial charge >= 0.3 is 0 Å². The zero-order chi connectivity index (χ0) is 15.2. The molecule has 0 aliphatic rings. The molecule has 1 amide bonds. The predicted octanol–water partition coefficient (Wildman–Crippen LogP) is 1.56. The third kappa shape index (κ3) is 6.03. The summed E-state index contributed by atoms with van der Waals surface area (Å²) in [6, 6.07) is 5.31. The number of benzene rings is 1. The van der Waals surface area contributed by atoms with Crippen LogP contribution in [0, 0.1) is 0 Å². The van der Waals surface area contributed by atoms with Crippen LogP contribution in [-0.2, 0) is 25.5 Å². The first kappa shape index (κ1) is 16.5. The first-order chi connectivity index (χ1) is 9.31.